The average molecular weight is 324 g/mol. The average Bonchev–Trinajstić information content (AvgIpc) is 2.44. The number of amides is 1. The Labute approximate surface area is 138 Å². The molecule has 0 aliphatic heterocycles. The molecule has 0 radical (unpaired) electrons. The van der Waals surface area contributed by atoms with Crippen molar-refractivity contribution in [2.75, 3.05) is 6.54 Å². The van der Waals surface area contributed by atoms with E-state index in [0.29, 0.717) is 13.1 Å². The third-order valence-corrected chi connectivity index (χ3v) is 3.80. The van der Waals surface area contributed by atoms with E-state index in [2.05, 4.69) is 10.6 Å². The molecule has 0 aliphatic carbocycles. The fourth-order valence-corrected chi connectivity index (χ4v) is 2.33. The largest absolute Gasteiger partial charge is 0.444 e. The molecule has 0 unspecified atom stereocenters. The minimum Gasteiger partial charge on any atom is -0.444 e. The fourth-order valence-electron chi connectivity index (χ4n) is 2.33. The number of nitrogens with one attached hydrogen (secondary N) is 2. The zero-order chi connectivity index (χ0) is 17.5. The summed E-state index contributed by atoms with van der Waals surface area (Å²) in [6.45, 7) is 10.7. The van der Waals surface area contributed by atoms with Crippen molar-refractivity contribution in [1.29, 1.82) is 0 Å². The lowest BCUT2D eigenvalue weighted by Crippen LogP contribution is -2.55. The van der Waals surface area contributed by atoms with Gasteiger partial charge in [0.15, 0.2) is 0 Å². The molecule has 0 heterocycles. The van der Waals surface area contributed by atoms with Crippen molar-refractivity contribution < 1.29 is 13.9 Å². The van der Waals surface area contributed by atoms with Crippen LogP contribution in [0.15, 0.2) is 24.3 Å². The predicted molar refractivity (Wildman–Crippen MR) is 90.8 cm³/mol. The van der Waals surface area contributed by atoms with Crippen molar-refractivity contribution >= 4 is 6.09 Å². The molecule has 0 saturated carbocycles. The van der Waals surface area contributed by atoms with Crippen molar-refractivity contribution in [3.05, 3.63) is 35.6 Å². The lowest BCUT2D eigenvalue weighted by molar-refractivity contribution is 0.0446. The van der Waals surface area contributed by atoms with Crippen LogP contribution in [0.1, 0.15) is 53.0 Å². The van der Waals surface area contributed by atoms with E-state index < -0.39 is 11.7 Å². The topological polar surface area (TPSA) is 50.4 Å². The highest BCUT2D eigenvalue weighted by molar-refractivity contribution is 5.68. The standard InChI is InChI=1S/C18H29FN2O2/c1-6-18(7-2,21-16(22)23-17(3,4)5)13-20-12-14-9-8-10-15(19)11-14/h8-11,20H,6-7,12-13H2,1-5H3,(H,21,22). The first-order valence-electron chi connectivity index (χ1n) is 8.16. The molecule has 1 aromatic carbocycles. The number of carbonyl (C=O) groups is 1. The molecule has 0 spiro atoms. The van der Waals surface area contributed by atoms with Gasteiger partial charge in [-0.2, -0.15) is 0 Å². The van der Waals surface area contributed by atoms with Gasteiger partial charge in [-0.05, 0) is 51.3 Å². The van der Waals surface area contributed by atoms with Crippen molar-refractivity contribution in [2.24, 2.45) is 0 Å². The van der Waals surface area contributed by atoms with Gasteiger partial charge in [0.05, 0.1) is 5.54 Å². The van der Waals surface area contributed by atoms with Crippen LogP contribution in [0.4, 0.5) is 9.18 Å². The van der Waals surface area contributed by atoms with Gasteiger partial charge in [0.2, 0.25) is 0 Å². The fraction of sp³-hybridized carbons (Fsp3) is 0.611. The first-order chi connectivity index (χ1) is 10.7. The lowest BCUT2D eigenvalue weighted by atomic mass is 9.92. The normalized spacial score (nSPS) is 12.1. The van der Waals surface area contributed by atoms with Crippen LogP contribution in [0, 0.1) is 5.82 Å². The number of alkyl carbamates (subject to hydrolysis) is 1. The number of benzene rings is 1. The summed E-state index contributed by atoms with van der Waals surface area (Å²) in [5.74, 6) is -0.242. The van der Waals surface area contributed by atoms with Gasteiger partial charge in [-0.15, -0.1) is 0 Å². The maximum Gasteiger partial charge on any atom is 0.408 e. The first kappa shape index (κ1) is 19.4. The molecule has 0 bridgehead atoms. The second kappa shape index (κ2) is 8.29. The highest BCUT2D eigenvalue weighted by atomic mass is 19.1. The van der Waals surface area contributed by atoms with E-state index in [0.717, 1.165) is 18.4 Å². The Hall–Kier alpha value is -1.62. The predicted octanol–water partition coefficient (Wildman–Crippen LogP) is 4.00. The van der Waals surface area contributed by atoms with Gasteiger partial charge < -0.3 is 15.4 Å². The summed E-state index contributed by atoms with van der Waals surface area (Å²) in [5.41, 5.74) is -0.0227. The van der Waals surface area contributed by atoms with Crippen molar-refractivity contribution in [2.45, 2.75) is 65.1 Å². The Balaban J connectivity index is 2.60. The van der Waals surface area contributed by atoms with Gasteiger partial charge in [0.1, 0.15) is 11.4 Å². The molecule has 0 fully saturated rings. The third-order valence-electron chi connectivity index (χ3n) is 3.80. The van der Waals surface area contributed by atoms with E-state index in [1.54, 1.807) is 6.07 Å². The van der Waals surface area contributed by atoms with E-state index in [1.165, 1.54) is 12.1 Å². The zero-order valence-corrected chi connectivity index (χ0v) is 14.8. The summed E-state index contributed by atoms with van der Waals surface area (Å²) in [6.07, 6.45) is 1.14. The number of ether oxygens (including phenoxy) is 1. The Morgan fingerprint density at radius 2 is 1.87 bits per heavy atom. The maximum atomic E-state index is 13.2. The van der Waals surface area contributed by atoms with E-state index in [1.807, 2.05) is 40.7 Å². The van der Waals surface area contributed by atoms with Gasteiger partial charge >= 0.3 is 6.09 Å². The van der Waals surface area contributed by atoms with E-state index in [9.17, 15) is 9.18 Å². The van der Waals surface area contributed by atoms with Crippen LogP contribution in [-0.2, 0) is 11.3 Å². The summed E-state index contributed by atoms with van der Waals surface area (Å²) in [4.78, 5) is 12.1. The van der Waals surface area contributed by atoms with Gasteiger partial charge in [0, 0.05) is 13.1 Å². The van der Waals surface area contributed by atoms with Crippen molar-refractivity contribution in [3.63, 3.8) is 0 Å². The van der Waals surface area contributed by atoms with Crippen LogP contribution >= 0.6 is 0 Å². The molecule has 0 saturated heterocycles. The molecular formula is C18H29FN2O2. The van der Waals surface area contributed by atoms with E-state index in [-0.39, 0.29) is 11.4 Å². The summed E-state index contributed by atoms with van der Waals surface area (Å²) in [7, 11) is 0. The molecule has 1 amide bonds. The molecule has 0 aromatic heterocycles. The highest BCUT2D eigenvalue weighted by Crippen LogP contribution is 2.16. The van der Waals surface area contributed by atoms with Gasteiger partial charge in [-0.25, -0.2) is 9.18 Å². The molecule has 5 heteroatoms. The van der Waals surface area contributed by atoms with E-state index >= 15 is 0 Å². The van der Waals surface area contributed by atoms with Crippen molar-refractivity contribution in [3.8, 4) is 0 Å². The molecule has 0 atom stereocenters. The molecule has 130 valence electrons. The molecule has 4 nitrogen and oxygen atoms in total. The Morgan fingerprint density at radius 1 is 1.22 bits per heavy atom. The molecule has 1 aromatic rings. The van der Waals surface area contributed by atoms with E-state index in [4.69, 9.17) is 4.74 Å². The first-order valence-corrected chi connectivity index (χ1v) is 8.16. The molecule has 2 N–H and O–H groups in total. The summed E-state index contributed by atoms with van der Waals surface area (Å²) >= 11 is 0. The summed E-state index contributed by atoms with van der Waals surface area (Å²) in [6, 6.07) is 6.50. The summed E-state index contributed by atoms with van der Waals surface area (Å²) < 4.78 is 18.5. The SMILES string of the molecule is CCC(CC)(CNCc1cccc(F)c1)NC(=O)OC(C)(C)C. The van der Waals surface area contributed by atoms with Gasteiger partial charge in [-0.1, -0.05) is 26.0 Å². The van der Waals surface area contributed by atoms with Gasteiger partial charge in [0.25, 0.3) is 0 Å². The molecule has 23 heavy (non-hydrogen) atoms. The van der Waals surface area contributed by atoms with Crippen LogP contribution in [-0.4, -0.2) is 23.8 Å². The van der Waals surface area contributed by atoms with Crippen LogP contribution in [0.25, 0.3) is 0 Å². The summed E-state index contributed by atoms with van der Waals surface area (Å²) in [5, 5.41) is 6.29. The van der Waals surface area contributed by atoms with Crippen LogP contribution in [0.3, 0.4) is 0 Å². The number of hydrogen-bond acceptors (Lipinski definition) is 3. The Kier molecular flexibility index (Phi) is 7.01. The highest BCUT2D eigenvalue weighted by Gasteiger charge is 2.30. The lowest BCUT2D eigenvalue weighted by Gasteiger charge is -2.34. The second-order valence-electron chi connectivity index (χ2n) is 6.85. The second-order valence-corrected chi connectivity index (χ2v) is 6.85. The smallest absolute Gasteiger partial charge is 0.408 e. The minimum absolute atomic E-state index is 0.242. The number of carbonyl (C=O) groups excluding carboxylic acids is 1. The van der Waals surface area contributed by atoms with Gasteiger partial charge in [-0.3, -0.25) is 0 Å². The Morgan fingerprint density at radius 3 is 2.39 bits per heavy atom. The maximum absolute atomic E-state index is 13.2. The number of halogens is 1. The molecule has 0 aliphatic rings. The van der Waals surface area contributed by atoms with Crippen LogP contribution in [0.2, 0.25) is 0 Å². The zero-order valence-electron chi connectivity index (χ0n) is 14.8. The molecular weight excluding hydrogens is 295 g/mol. The molecule has 1 rings (SSSR count). The minimum atomic E-state index is -0.522. The monoisotopic (exact) mass is 324 g/mol. The van der Waals surface area contributed by atoms with Crippen molar-refractivity contribution in [1.82, 2.24) is 10.6 Å². The quantitative estimate of drug-likeness (QED) is 0.797. The van der Waals surface area contributed by atoms with Crippen LogP contribution < -0.4 is 10.6 Å². The number of hydrogen-bond donors (Lipinski definition) is 2. The third kappa shape index (κ3) is 6.99. The number of rotatable bonds is 7. The van der Waals surface area contributed by atoms with Crippen LogP contribution in [0.5, 0.6) is 0 Å². The Bertz CT molecular complexity index is 508.